The van der Waals surface area contributed by atoms with Gasteiger partial charge in [-0.2, -0.15) is 0 Å². The van der Waals surface area contributed by atoms with Gasteiger partial charge in [0.2, 0.25) is 0 Å². The largest absolute Gasteiger partial charge is 0.370 e. The molecule has 0 unspecified atom stereocenters. The molecule has 1 rings (SSSR count). The summed E-state index contributed by atoms with van der Waals surface area (Å²) in [5.41, 5.74) is 6.52. The molecule has 4 heteroatoms. The summed E-state index contributed by atoms with van der Waals surface area (Å²) in [7, 11) is 0. The molecule has 0 aliphatic heterocycles. The van der Waals surface area contributed by atoms with Crippen LogP contribution in [0.4, 0.5) is 5.82 Å². The Balaban J connectivity index is 2.60. The molecule has 0 amide bonds. The van der Waals surface area contributed by atoms with E-state index in [4.69, 9.17) is 17.3 Å². The van der Waals surface area contributed by atoms with E-state index in [9.17, 15) is 0 Å². The van der Waals surface area contributed by atoms with Gasteiger partial charge in [0.1, 0.15) is 5.82 Å². The fraction of sp³-hybridized carbons (Fsp3) is 0.583. The summed E-state index contributed by atoms with van der Waals surface area (Å²) in [5, 5.41) is 3.96. The van der Waals surface area contributed by atoms with Crippen LogP contribution in [0.2, 0.25) is 5.02 Å². The molecule has 0 spiro atoms. The molecular formula is C12H20ClN3. The van der Waals surface area contributed by atoms with Crippen LogP contribution in [0.15, 0.2) is 12.3 Å². The van der Waals surface area contributed by atoms with Gasteiger partial charge in [-0.05, 0) is 17.5 Å². The third kappa shape index (κ3) is 3.65. The summed E-state index contributed by atoms with van der Waals surface area (Å²) in [6, 6.07) is 1.92. The van der Waals surface area contributed by atoms with Gasteiger partial charge < -0.3 is 11.1 Å². The summed E-state index contributed by atoms with van der Waals surface area (Å²) >= 11 is 5.94. The molecule has 1 heterocycles. The van der Waals surface area contributed by atoms with Crippen LogP contribution in [0.25, 0.3) is 0 Å². The topological polar surface area (TPSA) is 50.9 Å². The quantitative estimate of drug-likeness (QED) is 0.805. The van der Waals surface area contributed by atoms with Crippen LogP contribution in [0, 0.1) is 5.92 Å². The summed E-state index contributed by atoms with van der Waals surface area (Å²) in [6.07, 6.45) is 4.01. The van der Waals surface area contributed by atoms with Crippen molar-refractivity contribution in [3.8, 4) is 0 Å². The van der Waals surface area contributed by atoms with Crippen LogP contribution in [0.1, 0.15) is 32.3 Å². The van der Waals surface area contributed by atoms with E-state index >= 15 is 0 Å². The number of hydrogen-bond acceptors (Lipinski definition) is 3. The summed E-state index contributed by atoms with van der Waals surface area (Å²) in [4.78, 5) is 4.23. The summed E-state index contributed by atoms with van der Waals surface area (Å²) in [5.74, 6) is 1.55. The zero-order valence-electron chi connectivity index (χ0n) is 9.96. The van der Waals surface area contributed by atoms with Gasteiger partial charge >= 0.3 is 0 Å². The zero-order chi connectivity index (χ0) is 12.0. The first-order chi connectivity index (χ1) is 7.71. The highest BCUT2D eigenvalue weighted by Crippen LogP contribution is 2.18. The minimum absolute atomic E-state index is 0.445. The minimum Gasteiger partial charge on any atom is -0.370 e. The second-order valence-corrected chi connectivity index (χ2v) is 4.34. The minimum atomic E-state index is 0.445. The smallest absolute Gasteiger partial charge is 0.126 e. The molecule has 0 aliphatic carbocycles. The van der Waals surface area contributed by atoms with Crippen LogP contribution >= 0.6 is 11.6 Å². The van der Waals surface area contributed by atoms with Gasteiger partial charge in [0, 0.05) is 19.3 Å². The molecule has 0 saturated heterocycles. The van der Waals surface area contributed by atoms with Gasteiger partial charge in [-0.15, -0.1) is 0 Å². The highest BCUT2D eigenvalue weighted by Gasteiger charge is 2.05. The van der Waals surface area contributed by atoms with E-state index in [1.165, 1.54) is 12.8 Å². The van der Waals surface area contributed by atoms with E-state index in [-0.39, 0.29) is 0 Å². The zero-order valence-corrected chi connectivity index (χ0v) is 10.7. The molecule has 3 nitrogen and oxygen atoms in total. The van der Waals surface area contributed by atoms with Crippen molar-refractivity contribution in [2.24, 2.45) is 11.7 Å². The lowest BCUT2D eigenvalue weighted by molar-refractivity contribution is 0.518. The van der Waals surface area contributed by atoms with Crippen molar-refractivity contribution in [1.82, 2.24) is 4.98 Å². The Morgan fingerprint density at radius 3 is 2.69 bits per heavy atom. The van der Waals surface area contributed by atoms with Crippen LogP contribution in [-0.4, -0.2) is 11.5 Å². The second-order valence-electron chi connectivity index (χ2n) is 3.93. The van der Waals surface area contributed by atoms with E-state index in [2.05, 4.69) is 24.1 Å². The van der Waals surface area contributed by atoms with Gasteiger partial charge in [-0.25, -0.2) is 4.98 Å². The number of aromatic nitrogens is 1. The Morgan fingerprint density at radius 1 is 1.44 bits per heavy atom. The van der Waals surface area contributed by atoms with Crippen molar-refractivity contribution < 1.29 is 0 Å². The number of nitrogens with two attached hydrogens (primary N) is 1. The summed E-state index contributed by atoms with van der Waals surface area (Å²) in [6.45, 7) is 5.81. The molecule has 16 heavy (non-hydrogen) atoms. The Kier molecular flexibility index (Phi) is 5.56. The van der Waals surface area contributed by atoms with Crippen molar-refractivity contribution in [1.29, 1.82) is 0 Å². The van der Waals surface area contributed by atoms with Crippen molar-refractivity contribution in [2.75, 3.05) is 11.9 Å². The Hall–Kier alpha value is -0.800. The molecule has 0 saturated carbocycles. The monoisotopic (exact) mass is 241 g/mol. The van der Waals surface area contributed by atoms with Gasteiger partial charge in [0.05, 0.1) is 5.02 Å². The maximum Gasteiger partial charge on any atom is 0.126 e. The lowest BCUT2D eigenvalue weighted by atomic mass is 10.0. The predicted molar refractivity (Wildman–Crippen MR) is 69.7 cm³/mol. The Labute approximate surface area is 102 Å². The lowest BCUT2D eigenvalue weighted by Crippen LogP contribution is -2.14. The molecule has 1 aromatic heterocycles. The van der Waals surface area contributed by atoms with Crippen LogP contribution in [0.3, 0.4) is 0 Å². The molecule has 0 atom stereocenters. The van der Waals surface area contributed by atoms with E-state index in [0.29, 0.717) is 17.5 Å². The van der Waals surface area contributed by atoms with Gasteiger partial charge in [0.25, 0.3) is 0 Å². The number of hydrogen-bond donors (Lipinski definition) is 2. The number of pyridine rings is 1. The predicted octanol–water partition coefficient (Wildman–Crippen LogP) is 3.04. The third-order valence-corrected chi connectivity index (χ3v) is 3.22. The second kappa shape index (κ2) is 6.71. The number of nitrogens with one attached hydrogen (secondary N) is 1. The molecule has 1 aromatic rings. The van der Waals surface area contributed by atoms with Crippen molar-refractivity contribution >= 4 is 17.4 Å². The highest BCUT2D eigenvalue weighted by atomic mass is 35.5. The fourth-order valence-corrected chi connectivity index (χ4v) is 1.74. The first-order valence-corrected chi connectivity index (χ1v) is 6.17. The van der Waals surface area contributed by atoms with E-state index < -0.39 is 0 Å². The van der Waals surface area contributed by atoms with E-state index in [0.717, 1.165) is 17.9 Å². The maximum absolute atomic E-state index is 5.94. The molecule has 3 N–H and O–H groups in total. The number of anilines is 1. The molecule has 0 bridgehead atoms. The fourth-order valence-electron chi connectivity index (χ4n) is 1.56. The van der Waals surface area contributed by atoms with Crippen LogP contribution < -0.4 is 11.1 Å². The van der Waals surface area contributed by atoms with E-state index in [1.807, 2.05) is 6.07 Å². The number of nitrogens with zero attached hydrogens (tertiary/aromatic N) is 1. The van der Waals surface area contributed by atoms with Crippen LogP contribution in [0.5, 0.6) is 0 Å². The van der Waals surface area contributed by atoms with Crippen molar-refractivity contribution in [2.45, 2.75) is 33.2 Å². The number of halogens is 1. The van der Waals surface area contributed by atoms with Crippen molar-refractivity contribution in [3.05, 3.63) is 22.8 Å². The van der Waals surface area contributed by atoms with Gasteiger partial charge in [-0.3, -0.25) is 0 Å². The molecular weight excluding hydrogens is 222 g/mol. The maximum atomic E-state index is 5.94. The standard InChI is InChI=1S/C12H20ClN3/c1-3-9(4-2)7-15-12-5-10(6-14)11(13)8-16-12/h5,8-9H,3-4,6-7,14H2,1-2H3,(H,15,16). The lowest BCUT2D eigenvalue weighted by Gasteiger charge is -2.14. The molecule has 0 aliphatic rings. The molecule has 90 valence electrons. The normalized spacial score (nSPS) is 10.8. The summed E-state index contributed by atoms with van der Waals surface area (Å²) < 4.78 is 0. The Morgan fingerprint density at radius 2 is 2.12 bits per heavy atom. The van der Waals surface area contributed by atoms with Gasteiger partial charge in [0.15, 0.2) is 0 Å². The first-order valence-electron chi connectivity index (χ1n) is 5.79. The first kappa shape index (κ1) is 13.3. The average Bonchev–Trinajstić information content (AvgIpc) is 2.32. The number of rotatable bonds is 6. The molecule has 0 aromatic carbocycles. The Bertz CT molecular complexity index is 324. The SMILES string of the molecule is CCC(CC)CNc1cc(CN)c(Cl)cn1. The molecule has 0 radical (unpaired) electrons. The van der Waals surface area contributed by atoms with E-state index in [1.54, 1.807) is 6.20 Å². The average molecular weight is 242 g/mol. The van der Waals surface area contributed by atoms with Gasteiger partial charge in [-0.1, -0.05) is 38.3 Å². The highest BCUT2D eigenvalue weighted by molar-refractivity contribution is 6.31. The third-order valence-electron chi connectivity index (χ3n) is 2.88. The molecule has 0 fully saturated rings. The van der Waals surface area contributed by atoms with Crippen LogP contribution in [-0.2, 0) is 6.54 Å². The van der Waals surface area contributed by atoms with Crippen molar-refractivity contribution in [3.63, 3.8) is 0 Å².